The first-order valence-corrected chi connectivity index (χ1v) is 6.24. The van der Waals surface area contributed by atoms with Crippen LogP contribution in [-0.4, -0.2) is 18.1 Å². The van der Waals surface area contributed by atoms with Crippen molar-refractivity contribution in [3.8, 4) is 5.75 Å². The lowest BCUT2D eigenvalue weighted by molar-refractivity contribution is 0.471. The number of nitrogen functional groups attached to an aromatic ring is 1. The first kappa shape index (κ1) is 11.7. The van der Waals surface area contributed by atoms with Crippen LogP contribution in [0.2, 0.25) is 0 Å². The lowest BCUT2D eigenvalue weighted by Gasteiger charge is -2.09. The standard InChI is InChI=1S/C11H11NO4S/c1-6-2-3-7-4-8(17(14,15)16)5-9(13)10(7)11(6)12/h2-5,13H,12H2,1H3,(H,14,15,16). The van der Waals surface area contributed by atoms with Crippen LogP contribution in [0, 0.1) is 6.92 Å². The number of nitrogens with two attached hydrogens (primary N) is 1. The van der Waals surface area contributed by atoms with Gasteiger partial charge in [-0.05, 0) is 23.9 Å². The van der Waals surface area contributed by atoms with E-state index < -0.39 is 10.1 Å². The summed E-state index contributed by atoms with van der Waals surface area (Å²) in [6.07, 6.45) is 0. The van der Waals surface area contributed by atoms with Crippen molar-refractivity contribution in [2.24, 2.45) is 0 Å². The van der Waals surface area contributed by atoms with Crippen LogP contribution in [0.3, 0.4) is 0 Å². The van der Waals surface area contributed by atoms with Crippen molar-refractivity contribution in [2.75, 3.05) is 5.73 Å². The molecule has 17 heavy (non-hydrogen) atoms. The Bertz CT molecular complexity index is 707. The Kier molecular flexibility index (Phi) is 2.48. The summed E-state index contributed by atoms with van der Waals surface area (Å²) in [4.78, 5) is -0.356. The van der Waals surface area contributed by atoms with E-state index in [4.69, 9.17) is 10.3 Å². The van der Waals surface area contributed by atoms with E-state index in [-0.39, 0.29) is 10.6 Å². The number of fused-ring (bicyclic) bond motifs is 1. The Morgan fingerprint density at radius 1 is 1.24 bits per heavy atom. The van der Waals surface area contributed by atoms with Gasteiger partial charge in [0.05, 0.1) is 4.90 Å². The van der Waals surface area contributed by atoms with E-state index in [1.165, 1.54) is 6.07 Å². The van der Waals surface area contributed by atoms with E-state index in [2.05, 4.69) is 0 Å². The highest BCUT2D eigenvalue weighted by molar-refractivity contribution is 7.85. The molecule has 0 heterocycles. The van der Waals surface area contributed by atoms with Gasteiger partial charge in [-0.25, -0.2) is 0 Å². The van der Waals surface area contributed by atoms with Gasteiger partial charge in [-0.2, -0.15) is 8.42 Å². The van der Waals surface area contributed by atoms with Crippen LogP contribution in [0.5, 0.6) is 5.75 Å². The summed E-state index contributed by atoms with van der Waals surface area (Å²) >= 11 is 0. The normalized spacial score (nSPS) is 11.9. The first-order chi connectivity index (χ1) is 7.80. The van der Waals surface area contributed by atoms with Gasteiger partial charge in [0.2, 0.25) is 0 Å². The predicted molar refractivity (Wildman–Crippen MR) is 64.6 cm³/mol. The molecule has 2 aromatic rings. The molecule has 0 aliphatic carbocycles. The summed E-state index contributed by atoms with van der Waals surface area (Å²) in [5, 5.41) is 10.6. The minimum absolute atomic E-state index is 0.267. The number of phenolic OH excluding ortho intramolecular Hbond substituents is 1. The van der Waals surface area contributed by atoms with Crippen LogP contribution in [0.1, 0.15) is 5.56 Å². The molecule has 6 heteroatoms. The molecule has 0 bridgehead atoms. The monoisotopic (exact) mass is 253 g/mol. The van der Waals surface area contributed by atoms with E-state index in [0.717, 1.165) is 11.6 Å². The van der Waals surface area contributed by atoms with Crippen molar-refractivity contribution in [1.29, 1.82) is 0 Å². The second-order valence-corrected chi connectivity index (χ2v) is 5.23. The van der Waals surface area contributed by atoms with Crippen LogP contribution in [-0.2, 0) is 10.1 Å². The Morgan fingerprint density at radius 2 is 1.88 bits per heavy atom. The van der Waals surface area contributed by atoms with Gasteiger partial charge >= 0.3 is 0 Å². The van der Waals surface area contributed by atoms with Crippen LogP contribution < -0.4 is 5.73 Å². The highest BCUT2D eigenvalue weighted by Crippen LogP contribution is 2.34. The molecule has 0 saturated carbocycles. The maximum Gasteiger partial charge on any atom is 0.294 e. The third-order valence-corrected chi connectivity index (χ3v) is 3.46. The van der Waals surface area contributed by atoms with Crippen molar-refractivity contribution in [2.45, 2.75) is 11.8 Å². The molecule has 2 rings (SSSR count). The third kappa shape index (κ3) is 1.92. The van der Waals surface area contributed by atoms with Crippen LogP contribution in [0.25, 0.3) is 10.8 Å². The van der Waals surface area contributed by atoms with Crippen LogP contribution in [0.15, 0.2) is 29.2 Å². The van der Waals surface area contributed by atoms with Gasteiger partial charge < -0.3 is 10.8 Å². The zero-order valence-corrected chi connectivity index (χ0v) is 9.82. The van der Waals surface area contributed by atoms with Crippen LogP contribution in [0.4, 0.5) is 5.69 Å². The minimum atomic E-state index is -4.34. The number of aryl methyl sites for hydroxylation is 1. The van der Waals surface area contributed by atoms with Crippen molar-refractivity contribution < 1.29 is 18.1 Å². The fourth-order valence-corrected chi connectivity index (χ4v) is 2.23. The van der Waals surface area contributed by atoms with E-state index in [0.29, 0.717) is 16.5 Å². The number of phenols is 1. The van der Waals surface area contributed by atoms with Gasteiger partial charge in [-0.15, -0.1) is 0 Å². The molecule has 0 unspecified atom stereocenters. The van der Waals surface area contributed by atoms with E-state index >= 15 is 0 Å². The lowest BCUT2D eigenvalue weighted by atomic mass is 10.0. The molecule has 4 N–H and O–H groups in total. The molecule has 0 aliphatic heterocycles. The van der Waals surface area contributed by atoms with Crippen molar-refractivity contribution >= 4 is 26.6 Å². The molecule has 5 nitrogen and oxygen atoms in total. The predicted octanol–water partition coefficient (Wildman–Crippen LogP) is 1.68. The average molecular weight is 253 g/mol. The molecule has 0 saturated heterocycles. The van der Waals surface area contributed by atoms with Gasteiger partial charge in [-0.1, -0.05) is 12.1 Å². The summed E-state index contributed by atoms with van der Waals surface area (Å²) in [7, 11) is -4.34. The molecule has 0 amide bonds. The largest absolute Gasteiger partial charge is 0.507 e. The quantitative estimate of drug-likeness (QED) is 0.530. The molecular weight excluding hydrogens is 242 g/mol. The van der Waals surface area contributed by atoms with E-state index in [9.17, 15) is 13.5 Å². The number of aromatic hydroxyl groups is 1. The molecule has 90 valence electrons. The van der Waals surface area contributed by atoms with Gasteiger partial charge in [-0.3, -0.25) is 4.55 Å². The van der Waals surface area contributed by atoms with Crippen molar-refractivity contribution in [1.82, 2.24) is 0 Å². The maximum atomic E-state index is 11.0. The summed E-state index contributed by atoms with van der Waals surface area (Å²) in [6, 6.07) is 5.59. The molecule has 0 aromatic heterocycles. The Labute approximate surface area is 98.2 Å². The summed E-state index contributed by atoms with van der Waals surface area (Å²) in [5.74, 6) is -0.267. The van der Waals surface area contributed by atoms with Gasteiger partial charge in [0.1, 0.15) is 5.75 Å². The number of hydrogen-bond donors (Lipinski definition) is 3. The highest BCUT2D eigenvalue weighted by atomic mass is 32.2. The lowest BCUT2D eigenvalue weighted by Crippen LogP contribution is -1.99. The number of rotatable bonds is 1. The number of anilines is 1. The summed E-state index contributed by atoms with van der Waals surface area (Å²) < 4.78 is 30.9. The zero-order chi connectivity index (χ0) is 12.8. The number of benzene rings is 2. The third-order valence-electron chi connectivity index (χ3n) is 2.63. The molecule has 2 aromatic carbocycles. The van der Waals surface area contributed by atoms with Gasteiger partial charge in [0.15, 0.2) is 0 Å². The van der Waals surface area contributed by atoms with Gasteiger partial charge in [0.25, 0.3) is 10.1 Å². The van der Waals surface area contributed by atoms with Crippen LogP contribution >= 0.6 is 0 Å². The van der Waals surface area contributed by atoms with Crippen molar-refractivity contribution in [3.05, 3.63) is 29.8 Å². The van der Waals surface area contributed by atoms with Gasteiger partial charge in [0, 0.05) is 17.1 Å². The molecule has 0 fully saturated rings. The average Bonchev–Trinajstić information content (AvgIpc) is 2.21. The smallest absolute Gasteiger partial charge is 0.294 e. The second kappa shape index (κ2) is 3.61. The van der Waals surface area contributed by atoms with E-state index in [1.54, 1.807) is 19.1 Å². The topological polar surface area (TPSA) is 101 Å². The Balaban J connectivity index is 2.91. The Morgan fingerprint density at radius 3 is 2.47 bits per heavy atom. The molecular formula is C11H11NO4S. The fraction of sp³-hybridized carbons (Fsp3) is 0.0909. The van der Waals surface area contributed by atoms with Crippen molar-refractivity contribution in [3.63, 3.8) is 0 Å². The SMILES string of the molecule is Cc1ccc2cc(S(=O)(=O)O)cc(O)c2c1N. The zero-order valence-electron chi connectivity index (χ0n) is 9.01. The molecule has 0 atom stereocenters. The summed E-state index contributed by atoms with van der Waals surface area (Å²) in [5.41, 5.74) is 6.98. The molecule has 0 radical (unpaired) electrons. The molecule has 0 spiro atoms. The number of hydrogen-bond acceptors (Lipinski definition) is 4. The minimum Gasteiger partial charge on any atom is -0.507 e. The molecule has 0 aliphatic rings. The first-order valence-electron chi connectivity index (χ1n) is 4.80. The highest BCUT2D eigenvalue weighted by Gasteiger charge is 2.15. The fourth-order valence-electron chi connectivity index (χ4n) is 1.70. The van der Waals surface area contributed by atoms with E-state index in [1.807, 2.05) is 0 Å². The summed E-state index contributed by atoms with van der Waals surface area (Å²) in [6.45, 7) is 1.78. The maximum absolute atomic E-state index is 11.0. The Hall–Kier alpha value is -1.79. The second-order valence-electron chi connectivity index (χ2n) is 3.81.